The highest BCUT2D eigenvalue weighted by atomic mass is 79.9. The van der Waals surface area contributed by atoms with Gasteiger partial charge in [0.25, 0.3) is 0 Å². The van der Waals surface area contributed by atoms with Crippen LogP contribution in [0.5, 0.6) is 0 Å². The molecule has 0 aliphatic carbocycles. The number of halogens is 1. The quantitative estimate of drug-likeness (QED) is 0.520. The Kier molecular flexibility index (Phi) is 4.50. The maximum Gasteiger partial charge on any atom is 0.0781 e. The van der Waals surface area contributed by atoms with Crippen LogP contribution < -0.4 is 0 Å². The fraction of sp³-hybridized carbons (Fsp3) is 0.0500. The van der Waals surface area contributed by atoms with Gasteiger partial charge in [0.1, 0.15) is 0 Å². The third-order valence-corrected chi connectivity index (χ3v) is 3.98. The van der Waals surface area contributed by atoms with E-state index in [1.165, 1.54) is 0 Å². The second-order valence-corrected chi connectivity index (χ2v) is 6.04. The van der Waals surface area contributed by atoms with Gasteiger partial charge in [0, 0.05) is 15.6 Å². The minimum Gasteiger partial charge on any atom is -0.248 e. The smallest absolute Gasteiger partial charge is 0.0781 e. The molecule has 22 heavy (non-hydrogen) atoms. The summed E-state index contributed by atoms with van der Waals surface area (Å²) in [5.74, 6) is 0. The van der Waals surface area contributed by atoms with Crippen LogP contribution in [-0.2, 0) is 0 Å². The van der Waals surface area contributed by atoms with Crippen molar-refractivity contribution in [2.45, 2.75) is 6.92 Å². The Morgan fingerprint density at radius 1 is 0.773 bits per heavy atom. The van der Waals surface area contributed by atoms with E-state index in [4.69, 9.17) is 4.99 Å². The van der Waals surface area contributed by atoms with Crippen LogP contribution in [0.2, 0.25) is 0 Å². The van der Waals surface area contributed by atoms with Crippen molar-refractivity contribution in [1.29, 1.82) is 0 Å². The highest BCUT2D eigenvalue weighted by Gasteiger charge is 2.07. The molecule has 3 aromatic rings. The summed E-state index contributed by atoms with van der Waals surface area (Å²) in [5.41, 5.74) is 5.38. The molecule has 3 aromatic carbocycles. The average Bonchev–Trinajstić information content (AvgIpc) is 2.56. The Balaban J connectivity index is 2.15. The summed E-state index contributed by atoms with van der Waals surface area (Å²) in [6, 6.07) is 26.8. The van der Waals surface area contributed by atoms with E-state index >= 15 is 0 Å². The van der Waals surface area contributed by atoms with E-state index < -0.39 is 0 Å². The first-order valence-electron chi connectivity index (χ1n) is 7.20. The zero-order valence-corrected chi connectivity index (χ0v) is 13.9. The summed E-state index contributed by atoms with van der Waals surface area (Å²) in [5, 5.41) is 0. The van der Waals surface area contributed by atoms with Gasteiger partial charge >= 0.3 is 0 Å². The third kappa shape index (κ3) is 3.34. The van der Waals surface area contributed by atoms with Crippen molar-refractivity contribution in [3.05, 3.63) is 100 Å². The molecule has 0 heterocycles. The van der Waals surface area contributed by atoms with Crippen molar-refractivity contribution >= 4 is 27.3 Å². The molecule has 0 saturated carbocycles. The Morgan fingerprint density at radius 3 is 1.82 bits per heavy atom. The lowest BCUT2D eigenvalue weighted by Gasteiger charge is -2.09. The highest BCUT2D eigenvalue weighted by Crippen LogP contribution is 2.25. The SMILES string of the molecule is Cc1cc(Br)ccc1N=C(c1ccccc1)c1ccccc1. The largest absolute Gasteiger partial charge is 0.248 e. The first-order valence-corrected chi connectivity index (χ1v) is 7.99. The maximum absolute atomic E-state index is 4.94. The van der Waals surface area contributed by atoms with Crippen LogP contribution in [-0.4, -0.2) is 5.71 Å². The molecule has 1 nitrogen and oxygen atoms in total. The zero-order valence-electron chi connectivity index (χ0n) is 12.3. The molecule has 0 bridgehead atoms. The molecule has 0 aromatic heterocycles. The standard InChI is InChI=1S/C20H16BrN/c1-15-14-18(21)12-13-19(15)22-20(16-8-4-2-5-9-16)17-10-6-3-7-11-17/h2-14H,1H3. The van der Waals surface area contributed by atoms with Crippen molar-refractivity contribution in [2.75, 3.05) is 0 Å². The molecular weight excluding hydrogens is 334 g/mol. The van der Waals surface area contributed by atoms with Gasteiger partial charge in [0.05, 0.1) is 11.4 Å². The van der Waals surface area contributed by atoms with Crippen LogP contribution in [0.1, 0.15) is 16.7 Å². The van der Waals surface area contributed by atoms with E-state index in [9.17, 15) is 0 Å². The van der Waals surface area contributed by atoms with Crippen molar-refractivity contribution in [3.63, 3.8) is 0 Å². The van der Waals surface area contributed by atoms with Gasteiger partial charge in [0.2, 0.25) is 0 Å². The molecule has 0 unspecified atom stereocenters. The van der Waals surface area contributed by atoms with Crippen molar-refractivity contribution in [2.24, 2.45) is 4.99 Å². The Morgan fingerprint density at radius 2 is 1.32 bits per heavy atom. The zero-order chi connectivity index (χ0) is 15.4. The van der Waals surface area contributed by atoms with Crippen molar-refractivity contribution in [3.8, 4) is 0 Å². The molecule has 0 radical (unpaired) electrons. The van der Waals surface area contributed by atoms with Gasteiger partial charge in [0.15, 0.2) is 0 Å². The molecule has 108 valence electrons. The van der Waals surface area contributed by atoms with Crippen molar-refractivity contribution in [1.82, 2.24) is 0 Å². The molecule has 2 heteroatoms. The average molecular weight is 350 g/mol. The highest BCUT2D eigenvalue weighted by molar-refractivity contribution is 9.10. The molecule has 0 saturated heterocycles. The van der Waals surface area contributed by atoms with Gasteiger partial charge in [-0.25, -0.2) is 4.99 Å². The van der Waals surface area contributed by atoms with Crippen LogP contribution in [0.3, 0.4) is 0 Å². The lowest BCUT2D eigenvalue weighted by Crippen LogP contribution is -2.02. The van der Waals surface area contributed by atoms with Gasteiger partial charge in [-0.3, -0.25) is 0 Å². The maximum atomic E-state index is 4.94. The Hall–Kier alpha value is -2.19. The van der Waals surface area contributed by atoms with Gasteiger partial charge < -0.3 is 0 Å². The van der Waals surface area contributed by atoms with E-state index in [0.717, 1.165) is 32.6 Å². The summed E-state index contributed by atoms with van der Waals surface area (Å²) >= 11 is 3.50. The minimum atomic E-state index is 0.992. The molecule has 0 spiro atoms. The minimum absolute atomic E-state index is 0.992. The summed E-state index contributed by atoms with van der Waals surface area (Å²) in [6.45, 7) is 2.08. The fourth-order valence-electron chi connectivity index (χ4n) is 2.35. The summed E-state index contributed by atoms with van der Waals surface area (Å²) in [4.78, 5) is 4.94. The molecular formula is C20H16BrN. The van der Waals surface area contributed by atoms with E-state index in [-0.39, 0.29) is 0 Å². The predicted molar refractivity (Wildman–Crippen MR) is 97.1 cm³/mol. The lowest BCUT2D eigenvalue weighted by atomic mass is 10.0. The van der Waals surface area contributed by atoms with Crippen LogP contribution in [0.15, 0.2) is 88.3 Å². The molecule has 0 aliphatic rings. The van der Waals surface area contributed by atoms with E-state index in [1.807, 2.05) is 48.5 Å². The third-order valence-electron chi connectivity index (χ3n) is 3.49. The van der Waals surface area contributed by atoms with Crippen LogP contribution in [0, 0.1) is 6.92 Å². The molecule has 0 atom stereocenters. The Bertz CT molecular complexity index is 751. The number of rotatable bonds is 3. The number of benzene rings is 3. The molecule has 0 amide bonds. The van der Waals surface area contributed by atoms with Crippen molar-refractivity contribution < 1.29 is 0 Å². The summed E-state index contributed by atoms with van der Waals surface area (Å²) in [6.07, 6.45) is 0. The molecule has 0 N–H and O–H groups in total. The van der Waals surface area contributed by atoms with Crippen LogP contribution in [0.4, 0.5) is 5.69 Å². The normalized spacial score (nSPS) is 10.3. The second kappa shape index (κ2) is 6.71. The first kappa shape index (κ1) is 14.7. The van der Waals surface area contributed by atoms with Gasteiger partial charge in [-0.05, 0) is 30.7 Å². The first-order chi connectivity index (χ1) is 10.7. The summed E-state index contributed by atoms with van der Waals surface area (Å²) < 4.78 is 1.07. The summed E-state index contributed by atoms with van der Waals surface area (Å²) in [7, 11) is 0. The van der Waals surface area contributed by atoms with Gasteiger partial charge in [-0.2, -0.15) is 0 Å². The van der Waals surface area contributed by atoms with Gasteiger partial charge in [-0.1, -0.05) is 76.6 Å². The molecule has 0 fully saturated rings. The molecule has 3 rings (SSSR count). The Labute approximate surface area is 139 Å². The number of hydrogen-bond acceptors (Lipinski definition) is 1. The second-order valence-electron chi connectivity index (χ2n) is 5.12. The van der Waals surface area contributed by atoms with Crippen LogP contribution >= 0.6 is 15.9 Å². The van der Waals surface area contributed by atoms with E-state index in [0.29, 0.717) is 0 Å². The monoisotopic (exact) mass is 349 g/mol. The lowest BCUT2D eigenvalue weighted by molar-refractivity contribution is 1.37. The number of aliphatic imine (C=N–C) groups is 1. The molecule has 0 aliphatic heterocycles. The van der Waals surface area contributed by atoms with E-state index in [1.54, 1.807) is 0 Å². The topological polar surface area (TPSA) is 12.4 Å². The predicted octanol–water partition coefficient (Wildman–Crippen LogP) is 5.93. The van der Waals surface area contributed by atoms with Gasteiger partial charge in [-0.15, -0.1) is 0 Å². The van der Waals surface area contributed by atoms with Crippen LogP contribution in [0.25, 0.3) is 0 Å². The van der Waals surface area contributed by atoms with E-state index in [2.05, 4.69) is 53.2 Å². The number of aryl methyl sites for hydroxylation is 1. The number of hydrogen-bond donors (Lipinski definition) is 0. The number of nitrogens with zero attached hydrogens (tertiary/aromatic N) is 1. The fourth-order valence-corrected chi connectivity index (χ4v) is 2.83.